The summed E-state index contributed by atoms with van der Waals surface area (Å²) >= 11 is 0. The van der Waals surface area contributed by atoms with Crippen LogP contribution in [0.25, 0.3) is 0 Å². The van der Waals surface area contributed by atoms with Crippen molar-refractivity contribution in [1.29, 1.82) is 0 Å². The summed E-state index contributed by atoms with van der Waals surface area (Å²) in [5.74, 6) is 0.884. The van der Waals surface area contributed by atoms with Crippen molar-refractivity contribution < 1.29 is 19.0 Å². The summed E-state index contributed by atoms with van der Waals surface area (Å²) in [4.78, 5) is 16.3. The second-order valence-corrected chi connectivity index (χ2v) is 5.20. The van der Waals surface area contributed by atoms with E-state index in [4.69, 9.17) is 14.2 Å². The minimum absolute atomic E-state index is 0.0867. The van der Waals surface area contributed by atoms with Crippen LogP contribution in [0.3, 0.4) is 0 Å². The number of methoxy groups -OCH3 is 1. The van der Waals surface area contributed by atoms with E-state index in [0.717, 1.165) is 17.7 Å². The van der Waals surface area contributed by atoms with E-state index in [1.165, 1.54) is 0 Å². The molecular formula is C17H17NO4. The molecule has 0 saturated carbocycles. The van der Waals surface area contributed by atoms with Crippen molar-refractivity contribution in [2.45, 2.75) is 26.1 Å². The number of esters is 1. The number of aromatic nitrogens is 1. The van der Waals surface area contributed by atoms with Gasteiger partial charge in [0, 0.05) is 18.2 Å². The van der Waals surface area contributed by atoms with Crippen molar-refractivity contribution in [3.05, 3.63) is 53.3 Å². The molecule has 2 aromatic rings. The number of hydrogen-bond donors (Lipinski definition) is 0. The third kappa shape index (κ3) is 2.88. The predicted molar refractivity (Wildman–Crippen MR) is 80.1 cm³/mol. The lowest BCUT2D eigenvalue weighted by molar-refractivity contribution is 0.0467. The highest BCUT2D eigenvalue weighted by molar-refractivity contribution is 5.90. The molecule has 0 fully saturated rings. The number of pyridine rings is 1. The van der Waals surface area contributed by atoms with E-state index >= 15 is 0 Å². The third-order valence-electron chi connectivity index (χ3n) is 3.49. The second kappa shape index (κ2) is 6.05. The van der Waals surface area contributed by atoms with Gasteiger partial charge in [-0.15, -0.1) is 0 Å². The van der Waals surface area contributed by atoms with Gasteiger partial charge in [0.05, 0.1) is 18.4 Å². The molecule has 2 heterocycles. The highest BCUT2D eigenvalue weighted by Gasteiger charge is 2.25. The molecule has 0 radical (unpaired) electrons. The van der Waals surface area contributed by atoms with Crippen LogP contribution in [0.4, 0.5) is 0 Å². The zero-order valence-electron chi connectivity index (χ0n) is 12.5. The molecule has 0 saturated heterocycles. The Morgan fingerprint density at radius 1 is 1.41 bits per heavy atom. The zero-order chi connectivity index (χ0) is 15.5. The number of fused-ring (bicyclic) bond motifs is 1. The Kier molecular flexibility index (Phi) is 3.96. The van der Waals surface area contributed by atoms with Crippen LogP contribution in [0.15, 0.2) is 36.5 Å². The first-order valence-electron chi connectivity index (χ1n) is 7.12. The molecule has 22 heavy (non-hydrogen) atoms. The summed E-state index contributed by atoms with van der Waals surface area (Å²) < 4.78 is 16.3. The average Bonchev–Trinajstić information content (AvgIpc) is 2.92. The van der Waals surface area contributed by atoms with E-state index in [1.807, 2.05) is 31.2 Å². The number of carbonyl (C=O) groups is 1. The van der Waals surface area contributed by atoms with Crippen molar-refractivity contribution in [1.82, 2.24) is 4.98 Å². The van der Waals surface area contributed by atoms with Gasteiger partial charge in [0.1, 0.15) is 12.7 Å². The maximum Gasteiger partial charge on any atom is 0.338 e. The standard InChI is InChI=1S/C17H17NO4/c1-11-7-12-8-13(9-15(20-2)16(12)22-11)17(19)21-10-14-5-3-4-6-18-14/h3-6,8-9,11H,7,10H2,1-2H3/t11-/m1/s1. The van der Waals surface area contributed by atoms with Crippen LogP contribution in [-0.4, -0.2) is 24.2 Å². The van der Waals surface area contributed by atoms with Gasteiger partial charge in [0.25, 0.3) is 0 Å². The molecule has 114 valence electrons. The van der Waals surface area contributed by atoms with Gasteiger partial charge in [-0.3, -0.25) is 4.98 Å². The summed E-state index contributed by atoms with van der Waals surface area (Å²) in [6.07, 6.45) is 2.51. The van der Waals surface area contributed by atoms with Gasteiger partial charge >= 0.3 is 5.97 Å². The van der Waals surface area contributed by atoms with Crippen LogP contribution in [-0.2, 0) is 17.8 Å². The van der Waals surface area contributed by atoms with Gasteiger partial charge in [-0.25, -0.2) is 4.79 Å². The molecule has 1 aliphatic heterocycles. The second-order valence-electron chi connectivity index (χ2n) is 5.20. The normalized spacial score (nSPS) is 15.8. The van der Waals surface area contributed by atoms with Gasteiger partial charge in [-0.05, 0) is 31.2 Å². The third-order valence-corrected chi connectivity index (χ3v) is 3.49. The summed E-state index contributed by atoms with van der Waals surface area (Å²) in [7, 11) is 1.56. The Morgan fingerprint density at radius 3 is 3.00 bits per heavy atom. The molecule has 1 atom stereocenters. The number of hydrogen-bond acceptors (Lipinski definition) is 5. The first kappa shape index (κ1) is 14.4. The molecule has 0 aliphatic carbocycles. The molecule has 1 aromatic carbocycles. The number of benzene rings is 1. The Bertz CT molecular complexity index is 685. The molecule has 1 aliphatic rings. The van der Waals surface area contributed by atoms with E-state index in [9.17, 15) is 4.79 Å². The highest BCUT2D eigenvalue weighted by atomic mass is 16.5. The summed E-state index contributed by atoms with van der Waals surface area (Å²) in [5, 5.41) is 0. The lowest BCUT2D eigenvalue weighted by Crippen LogP contribution is -2.07. The van der Waals surface area contributed by atoms with Gasteiger partial charge < -0.3 is 14.2 Å². The van der Waals surface area contributed by atoms with Crippen molar-refractivity contribution in [2.75, 3.05) is 7.11 Å². The van der Waals surface area contributed by atoms with Crippen molar-refractivity contribution >= 4 is 5.97 Å². The number of ether oxygens (including phenoxy) is 3. The highest BCUT2D eigenvalue weighted by Crippen LogP contribution is 2.39. The molecule has 0 bridgehead atoms. The molecule has 3 rings (SSSR count). The quantitative estimate of drug-likeness (QED) is 0.813. The zero-order valence-corrected chi connectivity index (χ0v) is 12.5. The van der Waals surface area contributed by atoms with Crippen LogP contribution in [0.5, 0.6) is 11.5 Å². The van der Waals surface area contributed by atoms with Crippen molar-refractivity contribution in [2.24, 2.45) is 0 Å². The predicted octanol–water partition coefficient (Wildman–Crippen LogP) is 2.77. The first-order chi connectivity index (χ1) is 10.7. The SMILES string of the molecule is COc1cc(C(=O)OCc2ccccn2)cc2c1O[C@H](C)C2. The maximum absolute atomic E-state index is 12.2. The van der Waals surface area contributed by atoms with Crippen molar-refractivity contribution in [3.63, 3.8) is 0 Å². The van der Waals surface area contributed by atoms with Gasteiger partial charge in [0.15, 0.2) is 11.5 Å². The molecule has 0 amide bonds. The summed E-state index contributed by atoms with van der Waals surface area (Å²) in [6.45, 7) is 2.13. The van der Waals surface area contributed by atoms with Crippen LogP contribution < -0.4 is 9.47 Å². The van der Waals surface area contributed by atoms with E-state index in [1.54, 1.807) is 19.4 Å². The van der Waals surface area contributed by atoms with Crippen LogP contribution in [0.2, 0.25) is 0 Å². The van der Waals surface area contributed by atoms with E-state index in [0.29, 0.717) is 17.0 Å². The van der Waals surface area contributed by atoms with Gasteiger partial charge in [-0.1, -0.05) is 6.07 Å². The van der Waals surface area contributed by atoms with Gasteiger partial charge in [-0.2, -0.15) is 0 Å². The van der Waals surface area contributed by atoms with Gasteiger partial charge in [0.2, 0.25) is 0 Å². The van der Waals surface area contributed by atoms with Crippen LogP contribution in [0, 0.1) is 0 Å². The molecule has 0 N–H and O–H groups in total. The Morgan fingerprint density at radius 2 is 2.27 bits per heavy atom. The van der Waals surface area contributed by atoms with Crippen molar-refractivity contribution in [3.8, 4) is 11.5 Å². The maximum atomic E-state index is 12.2. The molecular weight excluding hydrogens is 282 g/mol. The Balaban J connectivity index is 1.77. The lowest BCUT2D eigenvalue weighted by atomic mass is 10.1. The van der Waals surface area contributed by atoms with Crippen LogP contribution >= 0.6 is 0 Å². The molecule has 5 heteroatoms. The number of nitrogens with zero attached hydrogens (tertiary/aromatic N) is 1. The van der Waals surface area contributed by atoms with E-state index < -0.39 is 5.97 Å². The van der Waals surface area contributed by atoms with E-state index in [-0.39, 0.29) is 12.7 Å². The smallest absolute Gasteiger partial charge is 0.338 e. The minimum atomic E-state index is -0.397. The first-order valence-corrected chi connectivity index (χ1v) is 7.12. The Labute approximate surface area is 128 Å². The minimum Gasteiger partial charge on any atom is -0.493 e. The molecule has 0 unspecified atom stereocenters. The summed E-state index contributed by atoms with van der Waals surface area (Å²) in [5.41, 5.74) is 2.14. The van der Waals surface area contributed by atoms with E-state index in [2.05, 4.69) is 4.98 Å². The average molecular weight is 299 g/mol. The molecule has 1 aromatic heterocycles. The van der Waals surface area contributed by atoms with Crippen LogP contribution in [0.1, 0.15) is 28.5 Å². The molecule has 0 spiro atoms. The Hall–Kier alpha value is -2.56. The monoisotopic (exact) mass is 299 g/mol. The number of carbonyl (C=O) groups excluding carboxylic acids is 1. The topological polar surface area (TPSA) is 57.7 Å². The largest absolute Gasteiger partial charge is 0.493 e. The lowest BCUT2D eigenvalue weighted by Gasteiger charge is -2.10. The molecule has 5 nitrogen and oxygen atoms in total. The fourth-order valence-electron chi connectivity index (χ4n) is 2.47. The summed E-state index contributed by atoms with van der Waals surface area (Å²) in [6, 6.07) is 8.94. The number of rotatable bonds is 4. The fourth-order valence-corrected chi connectivity index (χ4v) is 2.47. The fraction of sp³-hybridized carbons (Fsp3) is 0.294.